The number of carboxylic acids is 1. The number of anilines is 1. The third kappa shape index (κ3) is 4.05. The van der Waals surface area contributed by atoms with Crippen LogP contribution in [0.15, 0.2) is 12.1 Å². The van der Waals surface area contributed by atoms with E-state index in [1.165, 1.54) is 11.8 Å². The second-order valence-electron chi connectivity index (χ2n) is 4.30. The van der Waals surface area contributed by atoms with Gasteiger partial charge in [-0.25, -0.2) is 9.18 Å². The smallest absolute Gasteiger partial charge is 0.338 e. The van der Waals surface area contributed by atoms with Gasteiger partial charge in [0.25, 0.3) is 5.69 Å². The number of nitro groups is 1. The summed E-state index contributed by atoms with van der Waals surface area (Å²) in [5.74, 6) is -2.64. The van der Waals surface area contributed by atoms with Crippen molar-refractivity contribution in [1.82, 2.24) is 0 Å². The number of aliphatic hydroxyl groups is 1. The molecule has 0 aromatic heterocycles. The van der Waals surface area contributed by atoms with Gasteiger partial charge in [0, 0.05) is 23.4 Å². The lowest BCUT2D eigenvalue weighted by atomic mass is 10.1. The molecule has 0 saturated carbocycles. The van der Waals surface area contributed by atoms with Crippen LogP contribution in [0, 0.1) is 15.9 Å². The van der Waals surface area contributed by atoms with Crippen molar-refractivity contribution in [1.29, 1.82) is 0 Å². The minimum atomic E-state index is -1.58. The zero-order valence-electron chi connectivity index (χ0n) is 11.4. The van der Waals surface area contributed by atoms with Crippen molar-refractivity contribution < 1.29 is 24.3 Å². The summed E-state index contributed by atoms with van der Waals surface area (Å²) < 4.78 is 13.7. The van der Waals surface area contributed by atoms with E-state index in [0.29, 0.717) is 6.07 Å². The molecule has 1 rings (SSSR count). The third-order valence-electron chi connectivity index (χ3n) is 2.94. The van der Waals surface area contributed by atoms with Crippen LogP contribution < -0.4 is 5.32 Å². The van der Waals surface area contributed by atoms with Gasteiger partial charge in [0.05, 0.1) is 11.5 Å². The molecule has 0 amide bonds. The third-order valence-corrected chi connectivity index (χ3v) is 4.10. The summed E-state index contributed by atoms with van der Waals surface area (Å²) in [4.78, 5) is 21.0. The number of nitrogens with zero attached hydrogens (tertiary/aromatic N) is 1. The van der Waals surface area contributed by atoms with Crippen LogP contribution in [0.4, 0.5) is 15.8 Å². The molecule has 7 nitrogen and oxygen atoms in total. The number of nitrogens with one attached hydrogen (secondary N) is 1. The second kappa shape index (κ2) is 7.23. The van der Waals surface area contributed by atoms with Gasteiger partial charge in [-0.2, -0.15) is 11.8 Å². The van der Waals surface area contributed by atoms with E-state index in [0.717, 1.165) is 6.07 Å². The zero-order valence-corrected chi connectivity index (χ0v) is 12.2. The van der Waals surface area contributed by atoms with Crippen molar-refractivity contribution in [2.24, 2.45) is 0 Å². The summed E-state index contributed by atoms with van der Waals surface area (Å²) >= 11 is 1.35. The summed E-state index contributed by atoms with van der Waals surface area (Å²) in [5, 5.41) is 31.5. The molecule has 0 bridgehead atoms. The molecule has 2 atom stereocenters. The molecule has 3 N–H and O–H groups in total. The highest BCUT2D eigenvalue weighted by molar-refractivity contribution is 7.99. The minimum Gasteiger partial charge on any atom is -0.478 e. The first-order valence-electron chi connectivity index (χ1n) is 5.93. The van der Waals surface area contributed by atoms with Crippen molar-refractivity contribution in [3.8, 4) is 0 Å². The number of hydrogen-bond donors (Lipinski definition) is 3. The number of hydrogen-bond acceptors (Lipinski definition) is 6. The first kappa shape index (κ1) is 17.2. The number of aliphatic hydroxyl groups excluding tert-OH is 1. The highest BCUT2D eigenvalue weighted by Crippen LogP contribution is 2.29. The second-order valence-corrected chi connectivity index (χ2v) is 5.38. The van der Waals surface area contributed by atoms with E-state index in [4.69, 9.17) is 5.11 Å². The maximum absolute atomic E-state index is 13.7. The quantitative estimate of drug-likeness (QED) is 0.520. The van der Waals surface area contributed by atoms with Gasteiger partial charge in [-0.1, -0.05) is 0 Å². The fourth-order valence-corrected chi connectivity index (χ4v) is 2.39. The van der Waals surface area contributed by atoms with E-state index in [1.54, 1.807) is 13.2 Å². The molecular weight excluding hydrogens is 303 g/mol. The summed E-state index contributed by atoms with van der Waals surface area (Å²) in [6.07, 6.45) is 1.77. The van der Waals surface area contributed by atoms with Crippen molar-refractivity contribution in [2.45, 2.75) is 18.2 Å². The molecule has 0 saturated heterocycles. The van der Waals surface area contributed by atoms with Crippen molar-refractivity contribution in [2.75, 3.05) is 18.2 Å². The van der Waals surface area contributed by atoms with Crippen molar-refractivity contribution in [3.63, 3.8) is 0 Å². The van der Waals surface area contributed by atoms with E-state index in [1.807, 2.05) is 0 Å². The Bertz CT molecular complexity index is 551. The number of aromatic carboxylic acids is 1. The molecule has 116 valence electrons. The number of halogens is 1. The Morgan fingerprint density at radius 3 is 2.62 bits per heavy atom. The Morgan fingerprint density at radius 1 is 1.57 bits per heavy atom. The molecule has 0 aliphatic carbocycles. The fourth-order valence-electron chi connectivity index (χ4n) is 1.77. The monoisotopic (exact) mass is 318 g/mol. The zero-order chi connectivity index (χ0) is 16.2. The van der Waals surface area contributed by atoms with Crippen LogP contribution in [-0.2, 0) is 0 Å². The maximum atomic E-state index is 13.7. The van der Waals surface area contributed by atoms with E-state index >= 15 is 0 Å². The van der Waals surface area contributed by atoms with Gasteiger partial charge in [0.2, 0.25) is 0 Å². The molecule has 0 radical (unpaired) electrons. The Kier molecular flexibility index (Phi) is 5.91. The first-order valence-corrected chi connectivity index (χ1v) is 7.22. The molecule has 0 spiro atoms. The maximum Gasteiger partial charge on any atom is 0.338 e. The Hall–Kier alpha value is -1.87. The highest BCUT2D eigenvalue weighted by atomic mass is 32.2. The molecule has 21 heavy (non-hydrogen) atoms. The average molecular weight is 318 g/mol. The molecular formula is C12H15FN2O5S. The molecule has 0 aliphatic heterocycles. The Labute approximate surface area is 124 Å². The average Bonchev–Trinajstić information content (AvgIpc) is 2.39. The standard InChI is InChI=1S/C12H15FN2O5S/c1-6(11(5-16)21-2)14-9-4-8(13)7(12(17)18)3-10(9)15(19)20/h3-4,6,11,14,16H,5H2,1-2H3,(H,17,18). The predicted molar refractivity (Wildman–Crippen MR) is 77.5 cm³/mol. The molecule has 2 unspecified atom stereocenters. The van der Waals surface area contributed by atoms with Crippen molar-refractivity contribution >= 4 is 29.1 Å². The molecule has 0 fully saturated rings. The number of thioether (sulfide) groups is 1. The van der Waals surface area contributed by atoms with E-state index in [2.05, 4.69) is 5.32 Å². The lowest BCUT2D eigenvalue weighted by Crippen LogP contribution is -2.31. The topological polar surface area (TPSA) is 113 Å². The lowest BCUT2D eigenvalue weighted by Gasteiger charge is -2.22. The van der Waals surface area contributed by atoms with Gasteiger partial charge in [-0.15, -0.1) is 0 Å². The fraction of sp³-hybridized carbons (Fsp3) is 0.417. The predicted octanol–water partition coefficient (Wildman–Crippen LogP) is 1.96. The summed E-state index contributed by atoms with van der Waals surface area (Å²) in [6.45, 7) is 1.53. The molecule has 0 aliphatic rings. The highest BCUT2D eigenvalue weighted by Gasteiger charge is 2.24. The van der Waals surface area contributed by atoms with Crippen LogP contribution in [0.3, 0.4) is 0 Å². The van der Waals surface area contributed by atoms with E-state index in [-0.39, 0.29) is 23.6 Å². The molecule has 1 aromatic rings. The number of carbonyl (C=O) groups is 1. The number of nitro benzene ring substituents is 1. The van der Waals surface area contributed by atoms with Gasteiger partial charge < -0.3 is 15.5 Å². The van der Waals surface area contributed by atoms with E-state index in [9.17, 15) is 24.4 Å². The minimum absolute atomic E-state index is 0.123. The van der Waals surface area contributed by atoms with Crippen LogP contribution in [0.1, 0.15) is 17.3 Å². The van der Waals surface area contributed by atoms with Crippen LogP contribution >= 0.6 is 11.8 Å². The van der Waals surface area contributed by atoms with Gasteiger partial charge in [0.1, 0.15) is 17.1 Å². The normalized spacial score (nSPS) is 13.5. The van der Waals surface area contributed by atoms with Gasteiger partial charge >= 0.3 is 5.97 Å². The van der Waals surface area contributed by atoms with Gasteiger partial charge in [-0.3, -0.25) is 10.1 Å². The van der Waals surface area contributed by atoms with E-state index < -0.39 is 28.0 Å². The molecule has 9 heteroatoms. The number of benzene rings is 1. The van der Waals surface area contributed by atoms with Gasteiger partial charge in [0.15, 0.2) is 0 Å². The Morgan fingerprint density at radius 2 is 2.19 bits per heavy atom. The number of carboxylic acid groups (broad SMARTS) is 1. The number of rotatable bonds is 7. The van der Waals surface area contributed by atoms with Crippen LogP contribution in [0.2, 0.25) is 0 Å². The SMILES string of the molecule is CSC(CO)C(C)Nc1cc(F)c(C(=O)O)cc1[N+](=O)[O-]. The van der Waals surface area contributed by atoms with Crippen molar-refractivity contribution in [3.05, 3.63) is 33.6 Å². The van der Waals surface area contributed by atoms with Crippen LogP contribution in [0.25, 0.3) is 0 Å². The van der Waals surface area contributed by atoms with Gasteiger partial charge in [-0.05, 0) is 13.2 Å². The lowest BCUT2D eigenvalue weighted by molar-refractivity contribution is -0.384. The first-order chi connectivity index (χ1) is 9.81. The molecule has 1 aromatic carbocycles. The van der Waals surface area contributed by atoms with Crippen LogP contribution in [0.5, 0.6) is 0 Å². The molecule has 0 heterocycles. The summed E-state index contributed by atoms with van der Waals surface area (Å²) in [7, 11) is 0. The van der Waals surface area contributed by atoms with Crippen LogP contribution in [-0.4, -0.2) is 45.3 Å². The summed E-state index contributed by atoms with van der Waals surface area (Å²) in [6, 6.07) is 1.09. The Balaban J connectivity index is 3.20. The summed E-state index contributed by atoms with van der Waals surface area (Å²) in [5.41, 5.74) is -1.41. The largest absolute Gasteiger partial charge is 0.478 e.